The zero-order valence-corrected chi connectivity index (χ0v) is 23.2. The third-order valence-corrected chi connectivity index (χ3v) is 7.07. The summed E-state index contributed by atoms with van der Waals surface area (Å²) in [6, 6.07) is 9.27. The number of hydrogen-bond donors (Lipinski definition) is 1. The molecule has 3 heterocycles. The first-order valence-electron chi connectivity index (χ1n) is 12.4. The number of allylic oxidation sites excluding steroid dienone is 1. The van der Waals surface area contributed by atoms with Crippen LogP contribution >= 0.6 is 11.8 Å². The zero-order chi connectivity index (χ0) is 27.9. The van der Waals surface area contributed by atoms with E-state index in [1.165, 1.54) is 26.0 Å². The third kappa shape index (κ3) is 6.05. The number of thioether (sulfide) groups is 1. The van der Waals surface area contributed by atoms with Gasteiger partial charge in [-0.2, -0.15) is 5.26 Å². The van der Waals surface area contributed by atoms with Gasteiger partial charge in [0, 0.05) is 30.4 Å². The molecule has 2 N–H and O–H groups in total. The Morgan fingerprint density at radius 2 is 2.03 bits per heavy atom. The van der Waals surface area contributed by atoms with Crippen molar-refractivity contribution in [2.45, 2.75) is 24.9 Å². The van der Waals surface area contributed by atoms with E-state index in [1.54, 1.807) is 25.1 Å². The van der Waals surface area contributed by atoms with Gasteiger partial charge in [-0.05, 0) is 19.9 Å². The minimum Gasteiger partial charge on any atom is -0.493 e. The quantitative estimate of drug-likeness (QED) is 0.277. The van der Waals surface area contributed by atoms with Crippen LogP contribution in [0.1, 0.15) is 24.1 Å². The van der Waals surface area contributed by atoms with Crippen molar-refractivity contribution in [2.24, 2.45) is 5.73 Å². The molecule has 1 unspecified atom stereocenters. The Bertz CT molecular complexity index is 1330. The molecule has 2 aliphatic rings. The number of hydrogen-bond acceptors (Lipinski definition) is 12. The van der Waals surface area contributed by atoms with Crippen LogP contribution in [0.3, 0.4) is 0 Å². The number of ether oxygens (including phenoxy) is 5. The smallest absolute Gasteiger partial charge is 0.338 e. The van der Waals surface area contributed by atoms with Gasteiger partial charge in [-0.15, -0.1) is 0 Å². The highest BCUT2D eigenvalue weighted by Crippen LogP contribution is 2.46. The molecule has 0 saturated carbocycles. The lowest BCUT2D eigenvalue weighted by atomic mass is 9.82. The highest BCUT2D eigenvalue weighted by atomic mass is 32.2. The molecule has 0 radical (unpaired) electrons. The average molecular weight is 554 g/mol. The summed E-state index contributed by atoms with van der Waals surface area (Å²) in [5, 5.41) is 10.6. The molecule has 1 aromatic heterocycles. The van der Waals surface area contributed by atoms with Crippen molar-refractivity contribution in [2.75, 3.05) is 57.8 Å². The standard InChI is InChI=1S/C27H31N5O6S/c1-5-37-26(33)23-20(15-39-27-30-16(2)13-21(31-27)32-9-11-36-12-10-32)38-25(29)18(14-28)22(23)17-7-6-8-19(34-3)24(17)35-4/h6-8,13,22H,5,9-12,15,29H2,1-4H3. The minimum atomic E-state index is -0.897. The summed E-state index contributed by atoms with van der Waals surface area (Å²) in [6.45, 7) is 6.50. The topological polar surface area (TPSA) is 142 Å². The molecule has 4 rings (SSSR count). The number of nitrogens with zero attached hydrogens (tertiary/aromatic N) is 4. The van der Waals surface area contributed by atoms with E-state index in [0.717, 1.165) is 24.6 Å². The van der Waals surface area contributed by atoms with Crippen LogP contribution in [0.5, 0.6) is 11.5 Å². The molecule has 2 aromatic rings. The van der Waals surface area contributed by atoms with Gasteiger partial charge in [-0.3, -0.25) is 0 Å². The molecule has 0 aliphatic carbocycles. The monoisotopic (exact) mass is 553 g/mol. The van der Waals surface area contributed by atoms with Crippen LogP contribution in [0.15, 0.2) is 52.2 Å². The van der Waals surface area contributed by atoms with Gasteiger partial charge in [-0.25, -0.2) is 14.8 Å². The summed E-state index contributed by atoms with van der Waals surface area (Å²) in [5.74, 6) is 0.426. The molecule has 1 fully saturated rings. The molecule has 1 saturated heterocycles. The van der Waals surface area contributed by atoms with E-state index < -0.39 is 11.9 Å². The molecule has 0 bridgehead atoms. The Morgan fingerprint density at radius 1 is 1.26 bits per heavy atom. The van der Waals surface area contributed by atoms with E-state index in [9.17, 15) is 10.1 Å². The van der Waals surface area contributed by atoms with Crippen LogP contribution in [-0.4, -0.2) is 68.8 Å². The highest BCUT2D eigenvalue weighted by molar-refractivity contribution is 7.99. The van der Waals surface area contributed by atoms with Crippen molar-refractivity contribution >= 4 is 23.5 Å². The summed E-state index contributed by atoms with van der Waals surface area (Å²) >= 11 is 1.30. The molecule has 39 heavy (non-hydrogen) atoms. The van der Waals surface area contributed by atoms with Gasteiger partial charge in [0.2, 0.25) is 5.88 Å². The van der Waals surface area contributed by atoms with Crippen LogP contribution in [0.4, 0.5) is 5.82 Å². The van der Waals surface area contributed by atoms with Crippen LogP contribution in [0.25, 0.3) is 0 Å². The number of methoxy groups -OCH3 is 2. The van der Waals surface area contributed by atoms with Crippen LogP contribution in [-0.2, 0) is 19.0 Å². The first-order chi connectivity index (χ1) is 18.9. The number of anilines is 1. The molecule has 0 spiro atoms. The summed E-state index contributed by atoms with van der Waals surface area (Å²) in [7, 11) is 3.00. The van der Waals surface area contributed by atoms with Gasteiger partial charge in [-0.1, -0.05) is 23.9 Å². The van der Waals surface area contributed by atoms with E-state index in [1.807, 2.05) is 13.0 Å². The molecule has 206 valence electrons. The van der Waals surface area contributed by atoms with Gasteiger partial charge in [0.05, 0.1) is 51.3 Å². The van der Waals surface area contributed by atoms with Crippen molar-refractivity contribution in [3.63, 3.8) is 0 Å². The van der Waals surface area contributed by atoms with Crippen molar-refractivity contribution in [1.29, 1.82) is 5.26 Å². The third-order valence-electron chi connectivity index (χ3n) is 6.22. The van der Waals surface area contributed by atoms with E-state index in [-0.39, 0.29) is 35.1 Å². The number of aryl methyl sites for hydroxylation is 1. The number of rotatable bonds is 9. The first kappa shape index (κ1) is 28.1. The lowest BCUT2D eigenvalue weighted by Crippen LogP contribution is -2.36. The highest BCUT2D eigenvalue weighted by Gasteiger charge is 2.39. The summed E-state index contributed by atoms with van der Waals surface area (Å²) in [5.41, 5.74) is 7.79. The maximum atomic E-state index is 13.4. The fourth-order valence-electron chi connectivity index (χ4n) is 4.48. The Balaban J connectivity index is 1.76. The SMILES string of the molecule is CCOC(=O)C1=C(CSc2nc(C)cc(N3CCOCC3)n2)OC(N)=C(C#N)C1c1cccc(OC)c1OC. The number of benzene rings is 1. The number of carbonyl (C=O) groups is 1. The number of carbonyl (C=O) groups excluding carboxylic acids is 1. The molecular formula is C27H31N5O6S. The largest absolute Gasteiger partial charge is 0.493 e. The summed E-state index contributed by atoms with van der Waals surface area (Å²) in [4.78, 5) is 24.8. The Morgan fingerprint density at radius 3 is 2.69 bits per heavy atom. The van der Waals surface area contributed by atoms with Crippen molar-refractivity contribution in [1.82, 2.24) is 9.97 Å². The van der Waals surface area contributed by atoms with Crippen molar-refractivity contribution < 1.29 is 28.5 Å². The maximum Gasteiger partial charge on any atom is 0.338 e. The normalized spacial score (nSPS) is 17.4. The maximum absolute atomic E-state index is 13.4. The molecule has 1 aromatic carbocycles. The molecule has 1 atom stereocenters. The Hall–Kier alpha value is -3.95. The molecule has 12 heteroatoms. The second-order valence-electron chi connectivity index (χ2n) is 8.60. The van der Waals surface area contributed by atoms with Crippen LogP contribution in [0.2, 0.25) is 0 Å². The average Bonchev–Trinajstić information content (AvgIpc) is 2.95. The Labute approximate surface area is 231 Å². The molecule has 11 nitrogen and oxygen atoms in total. The van der Waals surface area contributed by atoms with Gasteiger partial charge >= 0.3 is 5.97 Å². The van der Waals surface area contributed by atoms with Crippen LogP contribution in [0, 0.1) is 18.3 Å². The zero-order valence-electron chi connectivity index (χ0n) is 22.4. The second kappa shape index (κ2) is 12.7. The lowest BCUT2D eigenvalue weighted by molar-refractivity contribution is -0.139. The fraction of sp³-hybridized carbons (Fsp3) is 0.407. The lowest BCUT2D eigenvalue weighted by Gasteiger charge is -2.29. The van der Waals surface area contributed by atoms with E-state index in [0.29, 0.717) is 35.4 Å². The van der Waals surface area contributed by atoms with E-state index in [2.05, 4.69) is 16.0 Å². The van der Waals surface area contributed by atoms with Gasteiger partial charge in [0.15, 0.2) is 16.7 Å². The van der Waals surface area contributed by atoms with E-state index in [4.69, 9.17) is 34.4 Å². The number of nitriles is 1. The fourth-order valence-corrected chi connectivity index (χ4v) is 5.32. The molecular weight excluding hydrogens is 522 g/mol. The van der Waals surface area contributed by atoms with Crippen molar-refractivity contribution in [3.8, 4) is 17.6 Å². The Kier molecular flexibility index (Phi) is 9.16. The van der Waals surface area contributed by atoms with E-state index >= 15 is 0 Å². The van der Waals surface area contributed by atoms with Crippen LogP contribution < -0.4 is 20.1 Å². The summed E-state index contributed by atoms with van der Waals surface area (Å²) < 4.78 is 27.8. The van der Waals surface area contributed by atoms with Crippen molar-refractivity contribution in [3.05, 3.63) is 58.3 Å². The van der Waals surface area contributed by atoms with Gasteiger partial charge in [0.1, 0.15) is 23.2 Å². The number of morpholine rings is 1. The molecule has 2 aliphatic heterocycles. The number of nitrogens with two attached hydrogens (primary N) is 1. The first-order valence-corrected chi connectivity index (χ1v) is 13.4. The predicted molar refractivity (Wildman–Crippen MR) is 144 cm³/mol. The summed E-state index contributed by atoms with van der Waals surface area (Å²) in [6.07, 6.45) is 0. The second-order valence-corrected chi connectivity index (χ2v) is 9.55. The number of esters is 1. The number of aromatic nitrogens is 2. The number of para-hydroxylation sites is 1. The minimum absolute atomic E-state index is 0.0692. The predicted octanol–water partition coefficient (Wildman–Crippen LogP) is 3.06. The van der Waals surface area contributed by atoms with Gasteiger partial charge in [0.25, 0.3) is 0 Å². The van der Waals surface area contributed by atoms with Gasteiger partial charge < -0.3 is 34.3 Å². The molecule has 0 amide bonds.